The van der Waals surface area contributed by atoms with Crippen molar-refractivity contribution in [3.63, 3.8) is 0 Å². The third-order valence-corrected chi connectivity index (χ3v) is 5.84. The summed E-state index contributed by atoms with van der Waals surface area (Å²) < 4.78 is 14.1. The van der Waals surface area contributed by atoms with Crippen LogP contribution in [0.4, 0.5) is 11.6 Å². The Bertz CT molecular complexity index is 1160. The van der Waals surface area contributed by atoms with Crippen molar-refractivity contribution < 1.29 is 19.1 Å². The van der Waals surface area contributed by atoms with Gasteiger partial charge in [-0.1, -0.05) is 22.0 Å². The van der Waals surface area contributed by atoms with Crippen LogP contribution in [0.1, 0.15) is 30.5 Å². The Kier molecular flexibility index (Phi) is 6.40. The van der Waals surface area contributed by atoms with Crippen molar-refractivity contribution in [3.05, 3.63) is 58.3 Å². The van der Waals surface area contributed by atoms with E-state index in [1.54, 1.807) is 10.7 Å². The van der Waals surface area contributed by atoms with Gasteiger partial charge in [0.1, 0.15) is 6.33 Å². The van der Waals surface area contributed by atoms with Gasteiger partial charge < -0.3 is 14.8 Å². The van der Waals surface area contributed by atoms with Crippen LogP contribution in [0.3, 0.4) is 0 Å². The van der Waals surface area contributed by atoms with Crippen molar-refractivity contribution >= 4 is 39.4 Å². The molecule has 0 fully saturated rings. The molecule has 0 aliphatic carbocycles. The molecule has 2 heterocycles. The number of aryl methyl sites for hydroxylation is 1. The summed E-state index contributed by atoms with van der Waals surface area (Å²) in [6.45, 7) is 4.06. The van der Waals surface area contributed by atoms with E-state index in [0.29, 0.717) is 29.7 Å². The molecule has 0 bridgehead atoms. The van der Waals surface area contributed by atoms with Gasteiger partial charge in [0.2, 0.25) is 11.9 Å². The number of nitrogens with one attached hydrogen (secondary N) is 2. The minimum Gasteiger partial charge on any atom is -0.490 e. The van der Waals surface area contributed by atoms with E-state index in [1.165, 1.54) is 6.33 Å². The molecule has 1 atom stereocenters. The number of amides is 2. The summed E-state index contributed by atoms with van der Waals surface area (Å²) >= 11 is 3.44. The largest absolute Gasteiger partial charge is 0.490 e. The average molecular weight is 500 g/mol. The number of anilines is 2. The number of ether oxygens (including phenoxy) is 2. The topological polar surface area (TPSA) is 107 Å². The molecule has 1 unspecified atom stereocenters. The summed E-state index contributed by atoms with van der Waals surface area (Å²) in [6, 6.07) is 10.6. The van der Waals surface area contributed by atoms with E-state index < -0.39 is 0 Å². The quantitative estimate of drug-likeness (QED) is 0.513. The average Bonchev–Trinajstić information content (AvgIpc) is 3.23. The minimum atomic E-state index is -0.307. The Hall–Kier alpha value is -3.40. The van der Waals surface area contributed by atoms with Crippen molar-refractivity contribution in [2.45, 2.75) is 26.3 Å². The molecule has 0 saturated carbocycles. The summed E-state index contributed by atoms with van der Waals surface area (Å²) in [6.07, 6.45) is 1.64. The molecule has 0 radical (unpaired) electrons. The zero-order valence-corrected chi connectivity index (χ0v) is 19.2. The Balaban J connectivity index is 1.48. The normalized spacial score (nSPS) is 15.0. The fraction of sp³-hybridized carbons (Fsp3) is 0.273. The van der Waals surface area contributed by atoms with Crippen LogP contribution in [0.5, 0.6) is 11.5 Å². The summed E-state index contributed by atoms with van der Waals surface area (Å²) in [5.74, 6) is 0.925. The fourth-order valence-electron chi connectivity index (χ4n) is 3.45. The predicted molar refractivity (Wildman–Crippen MR) is 122 cm³/mol. The lowest BCUT2D eigenvalue weighted by molar-refractivity contribution is -0.118. The highest BCUT2D eigenvalue weighted by molar-refractivity contribution is 9.10. The van der Waals surface area contributed by atoms with Crippen LogP contribution in [-0.2, 0) is 9.59 Å². The van der Waals surface area contributed by atoms with E-state index in [9.17, 15) is 9.59 Å². The summed E-state index contributed by atoms with van der Waals surface area (Å²) in [5.41, 5.74) is 2.54. The maximum atomic E-state index is 12.4. The molecular weight excluding hydrogens is 478 g/mol. The number of aromatic nitrogens is 3. The Morgan fingerprint density at radius 2 is 2.09 bits per heavy atom. The molecule has 0 spiro atoms. The monoisotopic (exact) mass is 499 g/mol. The van der Waals surface area contributed by atoms with Gasteiger partial charge in [0.05, 0.1) is 19.1 Å². The summed E-state index contributed by atoms with van der Waals surface area (Å²) in [5, 5.41) is 9.74. The first-order chi connectivity index (χ1) is 15.4. The zero-order valence-electron chi connectivity index (χ0n) is 17.6. The minimum absolute atomic E-state index is 0.131. The third-order valence-electron chi connectivity index (χ3n) is 4.95. The molecular formula is C22H22BrN5O4. The second-order valence-electron chi connectivity index (χ2n) is 7.24. The van der Waals surface area contributed by atoms with Crippen LogP contribution in [0.2, 0.25) is 0 Å². The molecule has 166 valence electrons. The maximum Gasteiger partial charge on any atom is 0.262 e. The number of rotatable bonds is 7. The molecule has 1 aliphatic heterocycles. The highest BCUT2D eigenvalue weighted by Gasteiger charge is 2.28. The van der Waals surface area contributed by atoms with Crippen LogP contribution in [0.25, 0.3) is 0 Å². The van der Waals surface area contributed by atoms with Crippen LogP contribution in [0, 0.1) is 6.92 Å². The van der Waals surface area contributed by atoms with Crippen LogP contribution >= 0.6 is 15.9 Å². The Labute approximate surface area is 193 Å². The maximum absolute atomic E-state index is 12.4. The number of hydrogen-bond donors (Lipinski definition) is 2. The standard InChI is InChI=1S/C22H22BrN5O4/c1-3-31-19-9-14(17-10-20(29)27-22-24-12-25-28(17)22)4-7-18(19)32-11-21(30)26-15-5-6-16(23)13(2)8-15/h4-9,12,17H,3,10-11H2,1-2H3,(H,26,30)(H,24,25,27,29). The lowest BCUT2D eigenvalue weighted by atomic mass is 10.0. The number of benzene rings is 2. The molecule has 0 saturated heterocycles. The first-order valence-corrected chi connectivity index (χ1v) is 10.9. The van der Waals surface area contributed by atoms with E-state index in [1.807, 2.05) is 44.2 Å². The SMILES string of the molecule is CCOc1cc(C2CC(=O)Nc3ncnn32)ccc1OCC(=O)Nc1ccc(Br)c(C)c1. The number of hydrogen-bond acceptors (Lipinski definition) is 6. The summed E-state index contributed by atoms with van der Waals surface area (Å²) in [4.78, 5) is 28.5. The van der Waals surface area contributed by atoms with Crippen molar-refractivity contribution in [1.29, 1.82) is 0 Å². The zero-order chi connectivity index (χ0) is 22.7. The van der Waals surface area contributed by atoms with Gasteiger partial charge in [0, 0.05) is 10.2 Å². The van der Waals surface area contributed by atoms with Gasteiger partial charge in [0.15, 0.2) is 18.1 Å². The third kappa shape index (κ3) is 4.75. The van der Waals surface area contributed by atoms with Crippen molar-refractivity contribution in [2.24, 2.45) is 0 Å². The lowest BCUT2D eigenvalue weighted by Crippen LogP contribution is -2.29. The van der Waals surface area contributed by atoms with E-state index in [4.69, 9.17) is 9.47 Å². The van der Waals surface area contributed by atoms with E-state index in [0.717, 1.165) is 15.6 Å². The van der Waals surface area contributed by atoms with E-state index >= 15 is 0 Å². The van der Waals surface area contributed by atoms with Gasteiger partial charge in [0.25, 0.3) is 5.91 Å². The first kappa shape index (κ1) is 21.8. The van der Waals surface area contributed by atoms with E-state index in [-0.39, 0.29) is 30.9 Å². The number of halogens is 1. The first-order valence-electron chi connectivity index (χ1n) is 10.1. The molecule has 3 aromatic rings. The second kappa shape index (κ2) is 9.39. The molecule has 2 N–H and O–H groups in total. The lowest BCUT2D eigenvalue weighted by Gasteiger charge is -2.24. The highest BCUT2D eigenvalue weighted by atomic mass is 79.9. The molecule has 1 aromatic heterocycles. The van der Waals surface area contributed by atoms with Gasteiger partial charge in [-0.25, -0.2) is 4.68 Å². The second-order valence-corrected chi connectivity index (χ2v) is 8.09. The Morgan fingerprint density at radius 3 is 2.88 bits per heavy atom. The van der Waals surface area contributed by atoms with Gasteiger partial charge in [-0.2, -0.15) is 10.1 Å². The van der Waals surface area contributed by atoms with Crippen molar-refractivity contribution in [3.8, 4) is 11.5 Å². The number of carbonyl (C=O) groups excluding carboxylic acids is 2. The van der Waals surface area contributed by atoms with Crippen LogP contribution < -0.4 is 20.1 Å². The van der Waals surface area contributed by atoms with Crippen LogP contribution in [-0.4, -0.2) is 39.8 Å². The molecule has 1 aliphatic rings. The number of carbonyl (C=O) groups is 2. The van der Waals surface area contributed by atoms with Crippen LogP contribution in [0.15, 0.2) is 47.2 Å². The molecule has 9 nitrogen and oxygen atoms in total. The molecule has 4 rings (SSSR count). The van der Waals surface area contributed by atoms with Gasteiger partial charge in [-0.3, -0.25) is 14.9 Å². The Morgan fingerprint density at radius 1 is 1.25 bits per heavy atom. The smallest absolute Gasteiger partial charge is 0.262 e. The molecule has 32 heavy (non-hydrogen) atoms. The molecule has 2 amide bonds. The van der Waals surface area contributed by atoms with Crippen molar-refractivity contribution in [2.75, 3.05) is 23.8 Å². The fourth-order valence-corrected chi connectivity index (χ4v) is 3.69. The van der Waals surface area contributed by atoms with Gasteiger partial charge in [-0.05, 0) is 55.3 Å². The summed E-state index contributed by atoms with van der Waals surface area (Å²) in [7, 11) is 0. The van der Waals surface area contributed by atoms with Crippen molar-refractivity contribution in [1.82, 2.24) is 14.8 Å². The molecule has 10 heteroatoms. The van der Waals surface area contributed by atoms with Gasteiger partial charge in [-0.15, -0.1) is 0 Å². The highest BCUT2D eigenvalue weighted by Crippen LogP contribution is 2.35. The van der Waals surface area contributed by atoms with E-state index in [2.05, 4.69) is 36.6 Å². The predicted octanol–water partition coefficient (Wildman–Crippen LogP) is 3.70. The van der Waals surface area contributed by atoms with Gasteiger partial charge >= 0.3 is 0 Å². The number of fused-ring (bicyclic) bond motifs is 1. The number of nitrogens with zero attached hydrogens (tertiary/aromatic N) is 3. The molecule has 2 aromatic carbocycles.